The third-order valence-corrected chi connectivity index (χ3v) is 3.65. The van der Waals surface area contributed by atoms with E-state index in [0.717, 1.165) is 5.56 Å². The molecule has 0 radical (unpaired) electrons. The first kappa shape index (κ1) is 18.1. The second-order valence-electron chi connectivity index (χ2n) is 5.31. The van der Waals surface area contributed by atoms with Gasteiger partial charge in [0, 0.05) is 19.2 Å². The zero-order valence-corrected chi connectivity index (χ0v) is 14.4. The van der Waals surface area contributed by atoms with Crippen molar-refractivity contribution in [1.82, 2.24) is 4.90 Å². The molecular weight excluding hydrogens is 318 g/mol. The van der Waals surface area contributed by atoms with Crippen LogP contribution in [-0.4, -0.2) is 31.7 Å². The summed E-state index contributed by atoms with van der Waals surface area (Å²) in [4.78, 5) is 14.3. The van der Waals surface area contributed by atoms with Gasteiger partial charge in [0.25, 0.3) is 0 Å². The number of carbonyl (C=O) groups excluding carboxylic acids is 1. The minimum absolute atomic E-state index is 0.259. The fourth-order valence-corrected chi connectivity index (χ4v) is 2.35. The monoisotopic (exact) mass is 339 g/mol. The molecule has 0 saturated heterocycles. The Kier molecular flexibility index (Phi) is 6.66. The largest absolute Gasteiger partial charge is 0.497 e. The van der Waals surface area contributed by atoms with Gasteiger partial charge < -0.3 is 19.7 Å². The van der Waals surface area contributed by atoms with Crippen molar-refractivity contribution in [2.45, 2.75) is 13.0 Å². The number of hydrogen-bond acceptors (Lipinski definition) is 4. The third kappa shape index (κ3) is 5.15. The SMILES string of the molecule is COc1ccc(OC)c(NC(=O)N(CCC#N)Cc2ccccc2)c1. The normalized spacial score (nSPS) is 9.80. The van der Waals surface area contributed by atoms with Gasteiger partial charge in [0.2, 0.25) is 0 Å². The van der Waals surface area contributed by atoms with Gasteiger partial charge in [-0.25, -0.2) is 4.79 Å². The van der Waals surface area contributed by atoms with E-state index in [2.05, 4.69) is 11.4 Å². The molecule has 0 aliphatic carbocycles. The van der Waals surface area contributed by atoms with Crippen molar-refractivity contribution in [3.8, 4) is 17.6 Å². The number of urea groups is 1. The van der Waals surface area contributed by atoms with Gasteiger partial charge in [-0.05, 0) is 17.7 Å². The number of anilines is 1. The quantitative estimate of drug-likeness (QED) is 0.835. The van der Waals surface area contributed by atoms with Crippen LogP contribution in [0.3, 0.4) is 0 Å². The predicted molar refractivity (Wildman–Crippen MR) is 95.6 cm³/mol. The Morgan fingerprint density at radius 2 is 1.92 bits per heavy atom. The lowest BCUT2D eigenvalue weighted by atomic mass is 10.2. The van der Waals surface area contributed by atoms with E-state index in [1.165, 1.54) is 7.11 Å². The van der Waals surface area contributed by atoms with E-state index in [-0.39, 0.29) is 12.5 Å². The highest BCUT2D eigenvalue weighted by Gasteiger charge is 2.16. The lowest BCUT2D eigenvalue weighted by Gasteiger charge is -2.23. The van der Waals surface area contributed by atoms with E-state index >= 15 is 0 Å². The summed E-state index contributed by atoms with van der Waals surface area (Å²) in [6.07, 6.45) is 0.259. The second-order valence-corrected chi connectivity index (χ2v) is 5.31. The van der Waals surface area contributed by atoms with Crippen molar-refractivity contribution in [2.75, 3.05) is 26.1 Å². The summed E-state index contributed by atoms with van der Waals surface area (Å²) < 4.78 is 10.5. The van der Waals surface area contributed by atoms with Crippen LogP contribution < -0.4 is 14.8 Å². The number of amides is 2. The molecule has 0 heterocycles. The van der Waals surface area contributed by atoms with Crippen LogP contribution in [-0.2, 0) is 6.54 Å². The molecule has 2 rings (SSSR count). The molecule has 0 fully saturated rings. The molecule has 0 spiro atoms. The van der Waals surface area contributed by atoms with Crippen molar-refractivity contribution in [1.29, 1.82) is 5.26 Å². The number of hydrogen-bond donors (Lipinski definition) is 1. The average molecular weight is 339 g/mol. The highest BCUT2D eigenvalue weighted by atomic mass is 16.5. The van der Waals surface area contributed by atoms with Crippen LogP contribution in [0.4, 0.5) is 10.5 Å². The number of nitriles is 1. The number of nitrogens with zero attached hydrogens (tertiary/aromatic N) is 2. The minimum Gasteiger partial charge on any atom is -0.497 e. The van der Waals surface area contributed by atoms with Crippen LogP contribution in [0, 0.1) is 11.3 Å². The van der Waals surface area contributed by atoms with E-state index in [1.54, 1.807) is 30.2 Å². The molecular formula is C19H21N3O3. The summed E-state index contributed by atoms with van der Waals surface area (Å²) in [5.41, 5.74) is 1.51. The van der Waals surface area contributed by atoms with Crippen LogP contribution in [0.2, 0.25) is 0 Å². The Labute approximate surface area is 147 Å². The van der Waals surface area contributed by atoms with Gasteiger partial charge >= 0.3 is 6.03 Å². The van der Waals surface area contributed by atoms with Crippen LogP contribution in [0.1, 0.15) is 12.0 Å². The Morgan fingerprint density at radius 1 is 1.16 bits per heavy atom. The molecule has 0 aliphatic rings. The Bertz CT molecular complexity index is 741. The van der Waals surface area contributed by atoms with E-state index in [9.17, 15) is 4.79 Å². The van der Waals surface area contributed by atoms with Gasteiger partial charge in [-0.1, -0.05) is 30.3 Å². The van der Waals surface area contributed by atoms with E-state index in [4.69, 9.17) is 14.7 Å². The van der Waals surface area contributed by atoms with E-state index < -0.39 is 0 Å². The number of rotatable bonds is 7. The molecule has 130 valence electrons. The first-order valence-corrected chi connectivity index (χ1v) is 7.86. The van der Waals surface area contributed by atoms with Crippen LogP contribution in [0.25, 0.3) is 0 Å². The maximum absolute atomic E-state index is 12.7. The molecule has 0 saturated carbocycles. The van der Waals surface area contributed by atoms with Gasteiger partial charge in [0.05, 0.1) is 32.4 Å². The zero-order valence-electron chi connectivity index (χ0n) is 14.4. The molecule has 2 amide bonds. The molecule has 0 unspecified atom stereocenters. The van der Waals surface area contributed by atoms with Crippen LogP contribution >= 0.6 is 0 Å². The minimum atomic E-state index is -0.300. The molecule has 0 aromatic heterocycles. The second kappa shape index (κ2) is 9.18. The Hall–Kier alpha value is -3.20. The molecule has 25 heavy (non-hydrogen) atoms. The first-order chi connectivity index (χ1) is 12.2. The smallest absolute Gasteiger partial charge is 0.322 e. The highest BCUT2D eigenvalue weighted by Crippen LogP contribution is 2.29. The maximum Gasteiger partial charge on any atom is 0.322 e. The fourth-order valence-electron chi connectivity index (χ4n) is 2.35. The lowest BCUT2D eigenvalue weighted by molar-refractivity contribution is 0.210. The van der Waals surface area contributed by atoms with Crippen molar-refractivity contribution in [3.05, 3.63) is 54.1 Å². The predicted octanol–water partition coefficient (Wildman–Crippen LogP) is 3.65. The number of benzene rings is 2. The van der Waals surface area contributed by atoms with Gasteiger partial charge in [-0.2, -0.15) is 5.26 Å². The summed E-state index contributed by atoms with van der Waals surface area (Å²) in [6, 6.07) is 16.6. The van der Waals surface area contributed by atoms with Crippen molar-refractivity contribution < 1.29 is 14.3 Å². The van der Waals surface area contributed by atoms with Gasteiger partial charge in [0.1, 0.15) is 11.5 Å². The number of nitrogens with one attached hydrogen (secondary N) is 1. The standard InChI is InChI=1S/C19H21N3O3/c1-24-16-9-10-18(25-2)17(13-16)21-19(23)22(12-6-11-20)14-15-7-4-3-5-8-15/h3-5,7-10,13H,6,12,14H2,1-2H3,(H,21,23). The topological polar surface area (TPSA) is 74.6 Å². The molecule has 2 aromatic carbocycles. The third-order valence-electron chi connectivity index (χ3n) is 3.65. The van der Waals surface area contributed by atoms with Crippen molar-refractivity contribution >= 4 is 11.7 Å². The van der Waals surface area contributed by atoms with Crippen LogP contribution in [0.5, 0.6) is 11.5 Å². The molecule has 0 aliphatic heterocycles. The summed E-state index contributed by atoms with van der Waals surface area (Å²) in [6.45, 7) is 0.754. The molecule has 2 aromatic rings. The van der Waals surface area contributed by atoms with Crippen molar-refractivity contribution in [3.63, 3.8) is 0 Å². The maximum atomic E-state index is 12.7. The van der Waals surface area contributed by atoms with Crippen LogP contribution in [0.15, 0.2) is 48.5 Å². The molecule has 1 N–H and O–H groups in total. The molecule has 0 bridgehead atoms. The van der Waals surface area contributed by atoms with Gasteiger partial charge in [-0.15, -0.1) is 0 Å². The number of carbonyl (C=O) groups is 1. The first-order valence-electron chi connectivity index (χ1n) is 7.86. The van der Waals surface area contributed by atoms with Gasteiger partial charge in [0.15, 0.2) is 0 Å². The highest BCUT2D eigenvalue weighted by molar-refractivity contribution is 5.91. The van der Waals surface area contributed by atoms with Crippen molar-refractivity contribution in [2.24, 2.45) is 0 Å². The average Bonchev–Trinajstić information content (AvgIpc) is 2.65. The van der Waals surface area contributed by atoms with E-state index in [1.807, 2.05) is 30.3 Å². The molecule has 6 heteroatoms. The molecule has 0 atom stereocenters. The summed E-state index contributed by atoms with van der Waals surface area (Å²) in [5.74, 6) is 1.15. The summed E-state index contributed by atoms with van der Waals surface area (Å²) in [7, 11) is 3.09. The lowest BCUT2D eigenvalue weighted by Crippen LogP contribution is -2.35. The summed E-state index contributed by atoms with van der Waals surface area (Å²) >= 11 is 0. The Morgan fingerprint density at radius 3 is 2.56 bits per heavy atom. The Balaban J connectivity index is 2.17. The summed E-state index contributed by atoms with van der Waals surface area (Å²) in [5, 5.41) is 11.7. The number of ether oxygens (including phenoxy) is 2. The fraction of sp³-hybridized carbons (Fsp3) is 0.263. The molecule has 6 nitrogen and oxygen atoms in total. The van der Waals surface area contributed by atoms with E-state index in [0.29, 0.717) is 30.3 Å². The number of methoxy groups -OCH3 is 2. The zero-order chi connectivity index (χ0) is 18.1. The van der Waals surface area contributed by atoms with Gasteiger partial charge in [-0.3, -0.25) is 0 Å².